The van der Waals surface area contributed by atoms with Crippen molar-refractivity contribution in [3.8, 4) is 0 Å². The zero-order chi connectivity index (χ0) is 14.8. The van der Waals surface area contributed by atoms with Gasteiger partial charge in [0.15, 0.2) is 0 Å². The molecule has 1 aliphatic heterocycles. The third-order valence-electron chi connectivity index (χ3n) is 4.10. The van der Waals surface area contributed by atoms with Crippen LogP contribution in [0, 0.1) is 5.92 Å². The molecule has 0 spiro atoms. The largest absolute Gasteiger partial charge is 0.467 e. The summed E-state index contributed by atoms with van der Waals surface area (Å²) in [6.07, 6.45) is 1.82. The summed E-state index contributed by atoms with van der Waals surface area (Å²) < 4.78 is 5.23. The zero-order valence-corrected chi connectivity index (χ0v) is 11.9. The molecular weight excluding hydrogens is 266 g/mol. The Morgan fingerprint density at radius 1 is 1.19 bits per heavy atom. The van der Waals surface area contributed by atoms with Crippen molar-refractivity contribution in [1.29, 1.82) is 0 Å². The molecule has 4 heteroatoms. The molecule has 3 rings (SSSR count). The molecule has 1 aromatic carbocycles. The lowest BCUT2D eigenvalue weighted by molar-refractivity contribution is -0.140. The fraction of sp³-hybridized carbons (Fsp3) is 0.294. The van der Waals surface area contributed by atoms with E-state index in [4.69, 9.17) is 4.42 Å². The van der Waals surface area contributed by atoms with Gasteiger partial charge in [0.1, 0.15) is 5.76 Å². The Kier molecular flexibility index (Phi) is 3.60. The van der Waals surface area contributed by atoms with Crippen LogP contribution in [0.15, 0.2) is 53.1 Å². The Morgan fingerprint density at radius 3 is 2.62 bits per heavy atom. The van der Waals surface area contributed by atoms with Gasteiger partial charge in [-0.3, -0.25) is 14.5 Å². The van der Waals surface area contributed by atoms with E-state index in [1.807, 2.05) is 37.3 Å². The number of hydrogen-bond donors (Lipinski definition) is 0. The maximum Gasteiger partial charge on any atom is 0.233 e. The van der Waals surface area contributed by atoms with Gasteiger partial charge in [-0.1, -0.05) is 37.3 Å². The van der Waals surface area contributed by atoms with Gasteiger partial charge in [-0.2, -0.15) is 0 Å². The Hall–Kier alpha value is -2.36. The van der Waals surface area contributed by atoms with Gasteiger partial charge in [-0.25, -0.2) is 0 Å². The Labute approximate surface area is 123 Å². The van der Waals surface area contributed by atoms with Gasteiger partial charge in [0.2, 0.25) is 11.8 Å². The topological polar surface area (TPSA) is 50.5 Å². The molecular formula is C17H17NO3. The molecule has 0 bridgehead atoms. The maximum absolute atomic E-state index is 12.5. The van der Waals surface area contributed by atoms with Gasteiger partial charge in [0, 0.05) is 6.42 Å². The van der Waals surface area contributed by atoms with Crippen LogP contribution in [0.4, 0.5) is 0 Å². The summed E-state index contributed by atoms with van der Waals surface area (Å²) >= 11 is 0. The fourth-order valence-electron chi connectivity index (χ4n) is 2.81. The van der Waals surface area contributed by atoms with Gasteiger partial charge in [-0.05, 0) is 23.6 Å². The van der Waals surface area contributed by atoms with Crippen LogP contribution < -0.4 is 0 Å². The average molecular weight is 283 g/mol. The lowest BCUT2D eigenvalue weighted by Crippen LogP contribution is -2.31. The first-order valence-electron chi connectivity index (χ1n) is 7.08. The number of rotatable bonds is 4. The number of carbonyl (C=O) groups excluding carboxylic acids is 2. The molecule has 2 amide bonds. The lowest BCUT2D eigenvalue weighted by atomic mass is 9.86. The summed E-state index contributed by atoms with van der Waals surface area (Å²) in [7, 11) is 0. The van der Waals surface area contributed by atoms with Crippen molar-refractivity contribution in [3.63, 3.8) is 0 Å². The molecule has 2 atom stereocenters. The van der Waals surface area contributed by atoms with E-state index in [9.17, 15) is 9.59 Å². The van der Waals surface area contributed by atoms with Gasteiger partial charge in [-0.15, -0.1) is 0 Å². The monoisotopic (exact) mass is 283 g/mol. The molecule has 0 saturated carbocycles. The van der Waals surface area contributed by atoms with E-state index in [2.05, 4.69) is 0 Å². The normalized spacial score (nSPS) is 20.0. The highest BCUT2D eigenvalue weighted by molar-refractivity contribution is 6.03. The smallest absolute Gasteiger partial charge is 0.233 e. The third-order valence-corrected chi connectivity index (χ3v) is 4.10. The number of amides is 2. The van der Waals surface area contributed by atoms with Crippen LogP contribution in [-0.4, -0.2) is 16.7 Å². The van der Waals surface area contributed by atoms with Gasteiger partial charge in [0.05, 0.1) is 18.7 Å². The molecule has 21 heavy (non-hydrogen) atoms. The van der Waals surface area contributed by atoms with Gasteiger partial charge in [0.25, 0.3) is 0 Å². The predicted octanol–water partition coefficient (Wildman–Crippen LogP) is 2.96. The minimum atomic E-state index is -0.283. The maximum atomic E-state index is 12.5. The Morgan fingerprint density at radius 2 is 1.95 bits per heavy atom. The van der Waals surface area contributed by atoms with Crippen LogP contribution in [0.1, 0.15) is 30.6 Å². The summed E-state index contributed by atoms with van der Waals surface area (Å²) in [4.78, 5) is 25.9. The standard InChI is InChI=1S/C17H17NO3/c1-12(13-6-3-2-4-7-13)15-10-16(19)18(17(15)20)11-14-8-5-9-21-14/h2-9,12,15H,10-11H2,1H3/t12-,15+/m1/s1. The number of carbonyl (C=O) groups is 2. The molecule has 1 aromatic heterocycles. The highest BCUT2D eigenvalue weighted by Crippen LogP contribution is 2.34. The van der Waals surface area contributed by atoms with Crippen LogP contribution in [0.3, 0.4) is 0 Å². The SMILES string of the molecule is C[C@H](c1ccccc1)[C@@H]1CC(=O)N(Cc2ccco2)C1=O. The first-order chi connectivity index (χ1) is 10.2. The molecule has 1 aliphatic rings. The van der Waals surface area contributed by atoms with Crippen molar-refractivity contribution in [1.82, 2.24) is 4.90 Å². The summed E-state index contributed by atoms with van der Waals surface area (Å²) in [5, 5.41) is 0. The molecule has 1 saturated heterocycles. The second-order valence-corrected chi connectivity index (χ2v) is 5.41. The lowest BCUT2D eigenvalue weighted by Gasteiger charge is -2.18. The number of likely N-dealkylation sites (tertiary alicyclic amines) is 1. The summed E-state index contributed by atoms with van der Waals surface area (Å²) in [5.74, 6) is 0.153. The molecule has 0 radical (unpaired) electrons. The van der Waals surface area contributed by atoms with E-state index in [0.29, 0.717) is 5.76 Å². The summed E-state index contributed by atoms with van der Waals surface area (Å²) in [6, 6.07) is 13.4. The Bertz CT molecular complexity index is 633. The third kappa shape index (κ3) is 2.61. The quantitative estimate of drug-likeness (QED) is 0.811. The van der Waals surface area contributed by atoms with E-state index in [1.165, 1.54) is 4.90 Å². The van der Waals surface area contributed by atoms with E-state index in [1.54, 1.807) is 18.4 Å². The molecule has 1 fully saturated rings. The van der Waals surface area contributed by atoms with E-state index in [-0.39, 0.29) is 36.6 Å². The van der Waals surface area contributed by atoms with E-state index >= 15 is 0 Å². The number of benzene rings is 1. The zero-order valence-electron chi connectivity index (χ0n) is 11.9. The minimum absolute atomic E-state index is 0.0317. The van der Waals surface area contributed by atoms with E-state index < -0.39 is 0 Å². The molecule has 0 unspecified atom stereocenters. The number of imide groups is 1. The number of furan rings is 1. The minimum Gasteiger partial charge on any atom is -0.467 e. The van der Waals surface area contributed by atoms with Gasteiger partial charge >= 0.3 is 0 Å². The van der Waals surface area contributed by atoms with Crippen LogP contribution >= 0.6 is 0 Å². The fourth-order valence-corrected chi connectivity index (χ4v) is 2.81. The predicted molar refractivity (Wildman–Crippen MR) is 77.2 cm³/mol. The average Bonchev–Trinajstić information content (AvgIpc) is 3.11. The highest BCUT2D eigenvalue weighted by Gasteiger charge is 2.41. The highest BCUT2D eigenvalue weighted by atomic mass is 16.3. The van der Waals surface area contributed by atoms with Crippen molar-refractivity contribution in [2.75, 3.05) is 0 Å². The molecule has 0 N–H and O–H groups in total. The van der Waals surface area contributed by atoms with Crippen molar-refractivity contribution in [3.05, 3.63) is 60.1 Å². The molecule has 2 aromatic rings. The number of hydrogen-bond acceptors (Lipinski definition) is 3. The first-order valence-corrected chi connectivity index (χ1v) is 7.08. The van der Waals surface area contributed by atoms with Crippen molar-refractivity contribution in [2.24, 2.45) is 5.92 Å². The molecule has 108 valence electrons. The van der Waals surface area contributed by atoms with Gasteiger partial charge < -0.3 is 4.42 Å². The van der Waals surface area contributed by atoms with Crippen LogP contribution in [0.25, 0.3) is 0 Å². The second-order valence-electron chi connectivity index (χ2n) is 5.41. The van der Waals surface area contributed by atoms with Crippen LogP contribution in [0.5, 0.6) is 0 Å². The van der Waals surface area contributed by atoms with Crippen LogP contribution in [0.2, 0.25) is 0 Å². The van der Waals surface area contributed by atoms with Crippen molar-refractivity contribution >= 4 is 11.8 Å². The summed E-state index contributed by atoms with van der Waals surface area (Å²) in [5.41, 5.74) is 1.09. The molecule has 0 aliphatic carbocycles. The van der Waals surface area contributed by atoms with E-state index in [0.717, 1.165) is 5.56 Å². The summed E-state index contributed by atoms with van der Waals surface area (Å²) in [6.45, 7) is 2.23. The molecule has 2 heterocycles. The van der Waals surface area contributed by atoms with Crippen molar-refractivity contribution < 1.29 is 14.0 Å². The van der Waals surface area contributed by atoms with Crippen molar-refractivity contribution in [2.45, 2.75) is 25.8 Å². The molecule has 4 nitrogen and oxygen atoms in total. The first kappa shape index (κ1) is 13.6. The van der Waals surface area contributed by atoms with Crippen LogP contribution in [-0.2, 0) is 16.1 Å². The number of nitrogens with zero attached hydrogens (tertiary/aromatic N) is 1. The second kappa shape index (κ2) is 5.56. The Balaban J connectivity index is 1.77.